The second kappa shape index (κ2) is 43.4. The van der Waals surface area contributed by atoms with Crippen molar-refractivity contribution in [1.29, 1.82) is 0 Å². The Kier molecular flexibility index (Phi) is 32.0. The standard InChI is InChI=1S/C27H24N2O4.C19H28N2O2S.C18H13NO4.C16H21N2O3S.C13H11NO4S/c30-26-25(33-27(31)28(26)19-24-12-7-17-32-24)18-20-13-15-23(16-14-20)29(21-8-3-1-4-9-21)22-10-5-2-6-11-22;1-4-5-6-7-8-13-21-18(22)17(23-19(21)24)14-15-9-11-16(12-10-15)20(2)3;1-2-19-17(20)16(23-18(19)21)10-11-7-8-15-13(9-11)12-5-3-4-6-14(12)22-15;1-3-4-8-17-9-6-5-7-13(17)12-14-15(19)18(10-11-20-2)16(22)21-14;1-8(15)14-12(16)11(18-13(14)19)7-9-3-5-10(17-2)6-4-9/h1-6,8-11,13-16,18,24H,7,12,17,19H2;9-12,17H,4-8,13-14H2,1-3H3;3-10H,2H2,1H3;5-7,9,12H,3-4,8,10-11H2,1-2H3;3-7H,1-2H3/q;;;+1;/b25-18+;;16-10+;14-12+;11-7+. The molecule has 0 aliphatic carbocycles. The Morgan fingerprint density at radius 2 is 1.08 bits per heavy atom. The van der Waals surface area contributed by atoms with Crippen molar-refractivity contribution in [2.75, 3.05) is 77.5 Å². The number of rotatable bonds is 26. The fourth-order valence-corrected chi connectivity index (χ4v) is 14.3. The summed E-state index contributed by atoms with van der Waals surface area (Å²) < 4.78 is 49.9. The first kappa shape index (κ1) is 89.2. The van der Waals surface area contributed by atoms with E-state index in [2.05, 4.69) is 64.6 Å². The molecule has 0 N–H and O–H groups in total. The maximum atomic E-state index is 12.7. The molecule has 0 spiro atoms. The van der Waals surface area contributed by atoms with Crippen molar-refractivity contribution < 1.29 is 85.2 Å². The number of nitrogens with zero attached hydrogens (tertiary/aromatic N) is 8. The van der Waals surface area contributed by atoms with Crippen LogP contribution in [0.25, 0.3) is 46.2 Å². The molecule has 6 saturated heterocycles. The van der Waals surface area contributed by atoms with Crippen LogP contribution in [0.5, 0.6) is 5.75 Å². The van der Waals surface area contributed by atoms with Gasteiger partial charge >= 0.3 is 18.1 Å². The normalized spacial score (nSPS) is 17.5. The highest BCUT2D eigenvalue weighted by Crippen LogP contribution is 2.36. The lowest BCUT2D eigenvalue weighted by Crippen LogP contribution is -2.36. The zero-order valence-corrected chi connectivity index (χ0v) is 71.2. The number of carbonyl (C=O) groups is 8. The van der Waals surface area contributed by atoms with E-state index in [1.54, 1.807) is 68.5 Å². The molecule has 121 heavy (non-hydrogen) atoms. The first-order chi connectivity index (χ1) is 58.6. The first-order valence-corrected chi connectivity index (χ1v) is 41.3. The number of hydrogen-bond acceptors (Lipinski definition) is 22. The van der Waals surface area contributed by atoms with Crippen molar-refractivity contribution in [3.05, 3.63) is 251 Å². The van der Waals surface area contributed by atoms with Gasteiger partial charge in [0, 0.05) is 106 Å². The van der Waals surface area contributed by atoms with Crippen molar-refractivity contribution in [2.24, 2.45) is 0 Å². The van der Waals surface area contributed by atoms with Gasteiger partial charge < -0.3 is 52.1 Å². The van der Waals surface area contributed by atoms with Crippen LogP contribution in [0, 0.1) is 0 Å². The second-order valence-corrected chi connectivity index (χ2v) is 29.7. The summed E-state index contributed by atoms with van der Waals surface area (Å²) in [4.78, 5) is 107. The highest BCUT2D eigenvalue weighted by molar-refractivity contribution is 7.80. The van der Waals surface area contributed by atoms with Crippen molar-refractivity contribution in [1.82, 2.24) is 24.5 Å². The smallest absolute Gasteiger partial charge is 0.422 e. The number of furan rings is 1. The third-order valence-corrected chi connectivity index (χ3v) is 20.8. The number of anilines is 4. The molecule has 6 fully saturated rings. The number of thiocarbonyl (C=S) groups is 3. The molecule has 8 heterocycles. The van der Waals surface area contributed by atoms with Crippen LogP contribution in [0.3, 0.4) is 0 Å². The van der Waals surface area contributed by atoms with Gasteiger partial charge in [0.2, 0.25) is 17.4 Å². The number of aromatic nitrogens is 1. The molecule has 0 bridgehead atoms. The number of unbranched alkanes of at least 4 members (excludes halogenated alkanes) is 5. The van der Waals surface area contributed by atoms with Gasteiger partial charge in [0.05, 0.1) is 39.0 Å². The first-order valence-electron chi connectivity index (χ1n) is 40.1. The molecule has 6 aliphatic heterocycles. The summed E-state index contributed by atoms with van der Waals surface area (Å²) in [5.74, 6) is -0.965. The Bertz CT molecular complexity index is 5320. The summed E-state index contributed by atoms with van der Waals surface area (Å²) in [7, 11) is 7.17. The SMILES string of the molecule is CCCCCCCN1C(=O)C(Cc2ccc(N(C)C)cc2)OC1=S.CCCC[n+]1ccccc1/C=C1/OC(=S)N(CCOC)C1=O.CCN1C(=O)O/C(=C/c2ccc3oc4ccccc4c3c2)C1=O.COc1ccc(/C=C2/OC(=S)N(C(C)=O)C2=O)cc1.O=C1O/C(=C/c2ccc(N(c3ccccc3)c3ccccc3)cc2)C(=O)N1CC1CCCO1. The van der Waals surface area contributed by atoms with Crippen molar-refractivity contribution in [3.63, 3.8) is 0 Å². The molecular formula is C93H97N8O17S3+. The topological polar surface area (TPSA) is 250 Å². The van der Waals surface area contributed by atoms with Gasteiger partial charge in [-0.25, -0.2) is 24.3 Å². The van der Waals surface area contributed by atoms with Crippen LogP contribution in [0.2, 0.25) is 0 Å². The molecule has 2 aromatic heterocycles. The van der Waals surface area contributed by atoms with Gasteiger partial charge in [-0.1, -0.05) is 143 Å². The molecule has 7 aromatic carbocycles. The number of amides is 8. The maximum Gasteiger partial charge on any atom is 0.422 e. The van der Waals surface area contributed by atoms with Gasteiger partial charge in [-0.3, -0.25) is 38.6 Å². The molecule has 28 heteroatoms. The summed E-state index contributed by atoms with van der Waals surface area (Å²) in [6.45, 7) is 10.9. The van der Waals surface area contributed by atoms with Gasteiger partial charge in [0.1, 0.15) is 23.5 Å². The van der Waals surface area contributed by atoms with E-state index in [1.807, 2.05) is 154 Å². The molecule has 15 rings (SSSR count). The summed E-state index contributed by atoms with van der Waals surface area (Å²) >= 11 is 15.2. The number of fused-ring (bicyclic) bond motifs is 3. The zero-order valence-electron chi connectivity index (χ0n) is 68.8. The van der Waals surface area contributed by atoms with E-state index in [0.717, 1.165) is 132 Å². The second-order valence-electron chi connectivity index (χ2n) is 28.7. The number of para-hydroxylation sites is 3. The highest BCUT2D eigenvalue weighted by atomic mass is 32.1. The predicted molar refractivity (Wildman–Crippen MR) is 473 cm³/mol. The average Bonchev–Trinajstić information content (AvgIpc) is 1.60. The van der Waals surface area contributed by atoms with Gasteiger partial charge in [-0.05, 0) is 188 Å². The highest BCUT2D eigenvalue weighted by Gasteiger charge is 2.41. The largest absolute Gasteiger partial charge is 0.497 e. The molecule has 0 radical (unpaired) electrons. The fraction of sp³-hybridized carbons (Fsp3) is 0.290. The minimum absolute atomic E-state index is 0.00665. The van der Waals surface area contributed by atoms with E-state index in [-0.39, 0.29) is 57.8 Å². The van der Waals surface area contributed by atoms with Gasteiger partial charge in [0.15, 0.2) is 29.6 Å². The number of methoxy groups -OCH3 is 2. The van der Waals surface area contributed by atoms with Crippen LogP contribution in [-0.4, -0.2) is 168 Å². The van der Waals surface area contributed by atoms with Crippen LogP contribution in [0.4, 0.5) is 32.3 Å². The Morgan fingerprint density at radius 3 is 1.69 bits per heavy atom. The van der Waals surface area contributed by atoms with Gasteiger partial charge in [0.25, 0.3) is 39.2 Å². The minimum atomic E-state index is -0.641. The molecule has 9 aromatic rings. The summed E-state index contributed by atoms with van der Waals surface area (Å²) in [5.41, 5.74) is 10.1. The Morgan fingerprint density at radius 1 is 0.529 bits per heavy atom. The average molecular weight is 1700 g/mol. The van der Waals surface area contributed by atoms with E-state index < -0.39 is 41.9 Å². The number of carbonyl (C=O) groups excluding carboxylic acids is 8. The quantitative estimate of drug-likeness (QED) is 0.0211. The lowest BCUT2D eigenvalue weighted by atomic mass is 10.1. The number of likely N-dealkylation sites (N-methyl/N-ethyl adjacent to an activating group) is 1. The number of aryl methyl sites for hydroxylation is 1. The Hall–Kier alpha value is -12.6. The third kappa shape index (κ3) is 23.3. The number of imide groups is 3. The molecule has 628 valence electrons. The van der Waals surface area contributed by atoms with E-state index in [1.165, 1.54) is 37.2 Å². The molecule has 25 nitrogen and oxygen atoms in total. The lowest BCUT2D eigenvalue weighted by Gasteiger charge is -2.25. The van der Waals surface area contributed by atoms with Gasteiger partial charge in [-0.15, -0.1) is 0 Å². The summed E-state index contributed by atoms with van der Waals surface area (Å²) in [6.07, 6.45) is 17.0. The lowest BCUT2D eigenvalue weighted by molar-refractivity contribution is -0.699. The van der Waals surface area contributed by atoms with Crippen LogP contribution >= 0.6 is 36.7 Å². The zero-order chi connectivity index (χ0) is 86.1. The van der Waals surface area contributed by atoms with E-state index in [4.69, 9.17) is 79.0 Å². The van der Waals surface area contributed by atoms with Crippen molar-refractivity contribution in [2.45, 2.75) is 111 Å². The van der Waals surface area contributed by atoms with Crippen molar-refractivity contribution >= 4 is 169 Å². The summed E-state index contributed by atoms with van der Waals surface area (Å²) in [5, 5.41) is 2.35. The number of hydrogen-bond donors (Lipinski definition) is 0. The van der Waals surface area contributed by atoms with E-state index in [9.17, 15) is 38.4 Å². The van der Waals surface area contributed by atoms with Crippen LogP contribution in [0.1, 0.15) is 113 Å². The van der Waals surface area contributed by atoms with Crippen LogP contribution in [0.15, 0.2) is 228 Å². The van der Waals surface area contributed by atoms with E-state index in [0.29, 0.717) is 50.2 Å². The number of ether oxygens (including phenoxy) is 8. The molecule has 2 atom stereocenters. The van der Waals surface area contributed by atoms with Crippen LogP contribution in [-0.2, 0) is 74.9 Å². The van der Waals surface area contributed by atoms with Crippen molar-refractivity contribution in [3.8, 4) is 5.75 Å². The Labute approximate surface area is 719 Å². The minimum Gasteiger partial charge on any atom is -0.497 e. The van der Waals surface area contributed by atoms with E-state index >= 15 is 0 Å². The fourth-order valence-electron chi connectivity index (χ4n) is 13.5. The predicted octanol–water partition coefficient (Wildman–Crippen LogP) is 17.0. The summed E-state index contributed by atoms with van der Waals surface area (Å²) in [6, 6.07) is 62.5. The molecule has 8 amide bonds. The van der Waals surface area contributed by atoms with Gasteiger partial charge in [-0.2, -0.15) is 4.57 Å². The number of benzene rings is 7. The molecule has 2 unspecified atom stereocenters. The molecule has 6 aliphatic rings. The molecule has 0 saturated carbocycles. The third-order valence-electron chi connectivity index (χ3n) is 19.9. The van der Waals surface area contributed by atoms with Crippen LogP contribution < -0.4 is 19.1 Å². The maximum absolute atomic E-state index is 12.7. The monoisotopic (exact) mass is 1690 g/mol. The Balaban J connectivity index is 0.000000150. The molecular weight excluding hydrogens is 1600 g/mol. The number of pyridine rings is 1. The number of cyclic esters (lactones) is 2.